The molecule has 4 rings (SSSR count). The molecule has 1 amide bonds. The second kappa shape index (κ2) is 7.94. The first-order valence-electron chi connectivity index (χ1n) is 9.41. The van der Waals surface area contributed by atoms with Gasteiger partial charge in [-0.05, 0) is 29.8 Å². The second-order valence-electron chi connectivity index (χ2n) is 7.21. The summed E-state index contributed by atoms with van der Waals surface area (Å²) in [4.78, 5) is 22.4. The number of carbonyl (C=O) groups excluding carboxylic acids is 1. The first kappa shape index (κ1) is 19.6. The molecule has 0 aliphatic carbocycles. The predicted octanol–water partition coefficient (Wildman–Crippen LogP) is 4.75. The van der Waals surface area contributed by atoms with Crippen LogP contribution in [0.25, 0.3) is 11.0 Å². The maximum Gasteiger partial charge on any atom is 0.258 e. The minimum absolute atomic E-state index is 0.226. The molecule has 0 unspecified atom stereocenters. The Labute approximate surface area is 172 Å². The van der Waals surface area contributed by atoms with Crippen molar-refractivity contribution in [2.75, 3.05) is 24.3 Å². The predicted molar refractivity (Wildman–Crippen MR) is 114 cm³/mol. The van der Waals surface area contributed by atoms with E-state index in [0.717, 1.165) is 40.2 Å². The number of aromatic nitrogens is 2. The molecule has 7 heteroatoms. The van der Waals surface area contributed by atoms with Gasteiger partial charge in [-0.1, -0.05) is 30.3 Å². The molecule has 0 fully saturated rings. The molecule has 4 aromatic rings. The van der Waals surface area contributed by atoms with Gasteiger partial charge in [0.2, 0.25) is 0 Å². The fourth-order valence-electron chi connectivity index (χ4n) is 3.30. The fraction of sp³-hybridized carbons (Fsp3) is 0.130. The minimum Gasteiger partial charge on any atom is -0.376 e. The molecule has 5 nitrogen and oxygen atoms in total. The summed E-state index contributed by atoms with van der Waals surface area (Å²) in [7, 11) is 3.68. The van der Waals surface area contributed by atoms with Crippen LogP contribution in [0.1, 0.15) is 21.7 Å². The quantitative estimate of drug-likeness (QED) is 0.503. The highest BCUT2D eigenvalue weighted by molar-refractivity contribution is 6.07. The first-order valence-corrected chi connectivity index (χ1v) is 9.41. The lowest BCUT2D eigenvalue weighted by molar-refractivity contribution is 0.102. The van der Waals surface area contributed by atoms with Gasteiger partial charge < -0.3 is 15.2 Å². The molecule has 0 aliphatic rings. The number of imidazole rings is 1. The van der Waals surface area contributed by atoms with E-state index >= 15 is 0 Å². The fourth-order valence-corrected chi connectivity index (χ4v) is 3.30. The van der Waals surface area contributed by atoms with Crippen LogP contribution >= 0.6 is 0 Å². The van der Waals surface area contributed by atoms with Gasteiger partial charge in [-0.15, -0.1) is 0 Å². The molecule has 0 saturated carbocycles. The summed E-state index contributed by atoms with van der Waals surface area (Å²) in [6.07, 6.45) is 0.648. The van der Waals surface area contributed by atoms with Gasteiger partial charge in [-0.25, -0.2) is 13.8 Å². The van der Waals surface area contributed by atoms with Crippen LogP contribution in [0, 0.1) is 11.6 Å². The lowest BCUT2D eigenvalue weighted by atomic mass is 10.1. The van der Waals surface area contributed by atoms with Crippen molar-refractivity contribution in [2.45, 2.75) is 6.42 Å². The third-order valence-corrected chi connectivity index (χ3v) is 4.77. The average Bonchev–Trinajstić information content (AvgIpc) is 3.09. The zero-order chi connectivity index (χ0) is 21.3. The maximum absolute atomic E-state index is 14.0. The average molecular weight is 406 g/mol. The molecule has 1 heterocycles. The number of halogens is 2. The highest BCUT2D eigenvalue weighted by Gasteiger charge is 2.17. The van der Waals surface area contributed by atoms with E-state index in [1.165, 1.54) is 0 Å². The van der Waals surface area contributed by atoms with Crippen LogP contribution in [0.15, 0.2) is 60.7 Å². The Morgan fingerprint density at radius 2 is 1.83 bits per heavy atom. The van der Waals surface area contributed by atoms with Crippen molar-refractivity contribution in [3.8, 4) is 0 Å². The van der Waals surface area contributed by atoms with Crippen molar-refractivity contribution >= 4 is 28.3 Å². The number of hydrogen-bond donors (Lipinski definition) is 2. The molecule has 1 aromatic heterocycles. The molecule has 152 valence electrons. The van der Waals surface area contributed by atoms with Crippen molar-refractivity contribution in [1.29, 1.82) is 0 Å². The van der Waals surface area contributed by atoms with E-state index in [1.54, 1.807) is 6.07 Å². The summed E-state index contributed by atoms with van der Waals surface area (Å²) in [6, 6.07) is 16.5. The number of anilines is 2. The number of nitrogens with zero attached hydrogens (tertiary/aromatic N) is 2. The highest BCUT2D eigenvalue weighted by atomic mass is 19.1. The van der Waals surface area contributed by atoms with Gasteiger partial charge in [0, 0.05) is 26.6 Å². The molecule has 30 heavy (non-hydrogen) atoms. The molecule has 3 aromatic carbocycles. The molecular weight excluding hydrogens is 386 g/mol. The molecule has 0 spiro atoms. The Morgan fingerprint density at radius 3 is 2.53 bits per heavy atom. The number of fused-ring (bicyclic) bond motifs is 1. The van der Waals surface area contributed by atoms with Crippen LogP contribution < -0.4 is 10.2 Å². The van der Waals surface area contributed by atoms with Gasteiger partial charge in [-0.2, -0.15) is 0 Å². The van der Waals surface area contributed by atoms with Crippen molar-refractivity contribution in [2.24, 2.45) is 0 Å². The van der Waals surface area contributed by atoms with Gasteiger partial charge in [0.05, 0.1) is 28.0 Å². The van der Waals surface area contributed by atoms with E-state index in [0.29, 0.717) is 18.2 Å². The summed E-state index contributed by atoms with van der Waals surface area (Å²) in [5.74, 6) is -1.50. The van der Waals surface area contributed by atoms with Crippen LogP contribution in [0.4, 0.5) is 20.2 Å². The Hall–Kier alpha value is -3.74. The highest BCUT2D eigenvalue weighted by Crippen LogP contribution is 2.30. The number of carbonyl (C=O) groups is 1. The second-order valence-corrected chi connectivity index (χ2v) is 7.21. The monoisotopic (exact) mass is 406 g/mol. The SMILES string of the molecule is CN(C)c1cc2nc(Cc3ccccc3)[nH]c2cc1NC(=O)c1ccc(F)cc1F. The number of rotatable bonds is 5. The van der Waals surface area contributed by atoms with Crippen molar-refractivity contribution in [3.63, 3.8) is 0 Å². The molecule has 0 saturated heterocycles. The largest absolute Gasteiger partial charge is 0.376 e. The summed E-state index contributed by atoms with van der Waals surface area (Å²) >= 11 is 0. The van der Waals surface area contributed by atoms with E-state index in [1.807, 2.05) is 55.4 Å². The summed E-state index contributed by atoms with van der Waals surface area (Å²) in [5.41, 5.74) is 3.63. The van der Waals surface area contributed by atoms with Crippen LogP contribution in [-0.4, -0.2) is 30.0 Å². The summed E-state index contributed by atoms with van der Waals surface area (Å²) < 4.78 is 27.2. The standard InChI is InChI=1S/C23H20F2N4O/c1-29(2)21-13-19-18(26-22(27-19)10-14-6-4-3-5-7-14)12-20(21)28-23(30)16-9-8-15(24)11-17(16)25/h3-9,11-13H,10H2,1-2H3,(H,26,27)(H,28,30). The zero-order valence-corrected chi connectivity index (χ0v) is 16.5. The molecule has 2 N–H and O–H groups in total. The minimum atomic E-state index is -0.910. The molecule has 0 atom stereocenters. The van der Waals surface area contributed by atoms with E-state index in [2.05, 4.69) is 15.3 Å². The zero-order valence-electron chi connectivity index (χ0n) is 16.5. The number of H-pyrrole nitrogens is 1. The smallest absolute Gasteiger partial charge is 0.258 e. The summed E-state index contributed by atoms with van der Waals surface area (Å²) in [6.45, 7) is 0. The topological polar surface area (TPSA) is 61.0 Å². The van der Waals surface area contributed by atoms with E-state index in [-0.39, 0.29) is 5.56 Å². The molecule has 0 aliphatic heterocycles. The van der Waals surface area contributed by atoms with Gasteiger partial charge in [0.1, 0.15) is 17.5 Å². The van der Waals surface area contributed by atoms with Gasteiger partial charge in [0.15, 0.2) is 0 Å². The molecule has 0 radical (unpaired) electrons. The third kappa shape index (κ3) is 4.00. The summed E-state index contributed by atoms with van der Waals surface area (Å²) in [5, 5.41) is 2.73. The van der Waals surface area contributed by atoms with E-state index in [4.69, 9.17) is 0 Å². The van der Waals surface area contributed by atoms with Crippen molar-refractivity contribution in [1.82, 2.24) is 9.97 Å². The van der Waals surface area contributed by atoms with E-state index in [9.17, 15) is 13.6 Å². The number of amides is 1. The van der Waals surface area contributed by atoms with Crippen molar-refractivity contribution in [3.05, 3.63) is 89.2 Å². The Morgan fingerprint density at radius 1 is 1.07 bits per heavy atom. The van der Waals surface area contributed by atoms with Crippen LogP contribution in [0.2, 0.25) is 0 Å². The lowest BCUT2D eigenvalue weighted by Crippen LogP contribution is -2.18. The van der Waals surface area contributed by atoms with Crippen LogP contribution in [0.3, 0.4) is 0 Å². The molecule has 0 bridgehead atoms. The van der Waals surface area contributed by atoms with Crippen LogP contribution in [0.5, 0.6) is 0 Å². The van der Waals surface area contributed by atoms with Gasteiger partial charge >= 0.3 is 0 Å². The number of benzene rings is 3. The van der Waals surface area contributed by atoms with E-state index < -0.39 is 17.5 Å². The first-order chi connectivity index (χ1) is 14.4. The maximum atomic E-state index is 14.0. The molecular formula is C23H20F2N4O. The normalized spacial score (nSPS) is 10.9. The third-order valence-electron chi connectivity index (χ3n) is 4.77. The number of aromatic amines is 1. The van der Waals surface area contributed by atoms with Gasteiger partial charge in [-0.3, -0.25) is 4.79 Å². The lowest BCUT2D eigenvalue weighted by Gasteiger charge is -2.18. The Balaban J connectivity index is 1.67. The Bertz CT molecular complexity index is 1220. The number of nitrogens with one attached hydrogen (secondary N) is 2. The van der Waals surface area contributed by atoms with Crippen LogP contribution in [-0.2, 0) is 6.42 Å². The number of hydrogen-bond acceptors (Lipinski definition) is 3. The van der Waals surface area contributed by atoms with Crippen molar-refractivity contribution < 1.29 is 13.6 Å². The van der Waals surface area contributed by atoms with Gasteiger partial charge in [0.25, 0.3) is 5.91 Å². The Kier molecular flexibility index (Phi) is 5.18.